The van der Waals surface area contributed by atoms with E-state index in [0.717, 1.165) is 12.0 Å². The number of hydrogen-bond acceptors (Lipinski definition) is 3. The Morgan fingerprint density at radius 3 is 2.72 bits per heavy atom. The number of aromatic nitrogens is 2. The number of carbonyl (C=O) groups excluding carboxylic acids is 1. The Morgan fingerprint density at radius 2 is 2.17 bits per heavy atom. The van der Waals surface area contributed by atoms with Crippen molar-refractivity contribution in [1.82, 2.24) is 15.5 Å². The van der Waals surface area contributed by atoms with E-state index in [-0.39, 0.29) is 11.9 Å². The van der Waals surface area contributed by atoms with Crippen LogP contribution in [0.25, 0.3) is 0 Å². The highest BCUT2D eigenvalue weighted by Gasteiger charge is 2.15. The number of nitrogens with two attached hydrogens (primary N) is 1. The molecule has 1 unspecified atom stereocenters. The Bertz CT molecular complexity index is 521. The van der Waals surface area contributed by atoms with E-state index in [1.165, 1.54) is 6.07 Å². The van der Waals surface area contributed by atoms with Crippen LogP contribution in [0, 0.1) is 0 Å². The second-order valence-corrected chi connectivity index (χ2v) is 4.05. The maximum absolute atomic E-state index is 12.0. The van der Waals surface area contributed by atoms with E-state index in [9.17, 15) is 4.79 Å². The summed E-state index contributed by atoms with van der Waals surface area (Å²) in [6.07, 6.45) is 0.819. The molecule has 1 atom stereocenters. The molecule has 18 heavy (non-hydrogen) atoms. The standard InChI is InChI=1S/C13H16N4O/c1-2-10(9-6-4-3-5-7-9)15-13(18)11-8-12(14)17-16-11/h3-8,10H,2H2,1H3,(H,15,18)(H3,14,16,17). The fourth-order valence-electron chi connectivity index (χ4n) is 1.80. The first-order chi connectivity index (χ1) is 8.70. The van der Waals surface area contributed by atoms with Gasteiger partial charge in [-0.15, -0.1) is 0 Å². The van der Waals surface area contributed by atoms with Crippen LogP contribution in [0.4, 0.5) is 5.82 Å². The van der Waals surface area contributed by atoms with Crippen LogP contribution in [0.5, 0.6) is 0 Å². The Morgan fingerprint density at radius 1 is 1.44 bits per heavy atom. The summed E-state index contributed by atoms with van der Waals surface area (Å²) in [5.41, 5.74) is 6.93. The lowest BCUT2D eigenvalue weighted by atomic mass is 10.0. The number of nitrogens with zero attached hydrogens (tertiary/aromatic N) is 1. The average molecular weight is 244 g/mol. The number of nitrogens with one attached hydrogen (secondary N) is 2. The molecule has 2 aromatic rings. The van der Waals surface area contributed by atoms with Crippen molar-refractivity contribution in [1.29, 1.82) is 0 Å². The van der Waals surface area contributed by atoms with E-state index < -0.39 is 0 Å². The summed E-state index contributed by atoms with van der Waals surface area (Å²) >= 11 is 0. The molecule has 2 rings (SSSR count). The highest BCUT2D eigenvalue weighted by molar-refractivity contribution is 5.93. The van der Waals surface area contributed by atoms with Crippen LogP contribution in [-0.4, -0.2) is 16.1 Å². The van der Waals surface area contributed by atoms with Gasteiger partial charge in [0.25, 0.3) is 5.91 Å². The molecule has 0 bridgehead atoms. The third-order valence-electron chi connectivity index (χ3n) is 2.76. The van der Waals surface area contributed by atoms with E-state index in [1.807, 2.05) is 37.3 Å². The Kier molecular flexibility index (Phi) is 3.62. The van der Waals surface area contributed by atoms with Crippen LogP contribution in [0.2, 0.25) is 0 Å². The molecule has 94 valence electrons. The summed E-state index contributed by atoms with van der Waals surface area (Å²) in [6, 6.07) is 11.4. The second-order valence-electron chi connectivity index (χ2n) is 4.05. The van der Waals surface area contributed by atoms with Crippen LogP contribution in [0.3, 0.4) is 0 Å². The van der Waals surface area contributed by atoms with Gasteiger partial charge in [0.1, 0.15) is 11.5 Å². The molecule has 0 aliphatic carbocycles. The predicted molar refractivity (Wildman–Crippen MR) is 69.9 cm³/mol. The van der Waals surface area contributed by atoms with E-state index in [4.69, 9.17) is 5.73 Å². The van der Waals surface area contributed by atoms with Gasteiger partial charge in [-0.05, 0) is 12.0 Å². The number of H-pyrrole nitrogens is 1. The minimum Gasteiger partial charge on any atom is -0.382 e. The Hall–Kier alpha value is -2.30. The Balaban J connectivity index is 2.10. The first kappa shape index (κ1) is 12.2. The summed E-state index contributed by atoms with van der Waals surface area (Å²) in [5, 5.41) is 9.28. The predicted octanol–water partition coefficient (Wildman–Crippen LogP) is 1.87. The minimum atomic E-state index is -0.199. The fourth-order valence-corrected chi connectivity index (χ4v) is 1.80. The maximum Gasteiger partial charge on any atom is 0.269 e. The van der Waals surface area contributed by atoms with Gasteiger partial charge in [-0.2, -0.15) is 5.10 Å². The molecule has 0 fully saturated rings. The first-order valence-corrected chi connectivity index (χ1v) is 5.87. The molecule has 0 aliphatic rings. The van der Waals surface area contributed by atoms with Gasteiger partial charge >= 0.3 is 0 Å². The molecule has 1 heterocycles. The molecule has 0 aliphatic heterocycles. The fraction of sp³-hybridized carbons (Fsp3) is 0.231. The molecular weight excluding hydrogens is 228 g/mol. The minimum absolute atomic E-state index is 0.0109. The molecule has 0 saturated heterocycles. The van der Waals surface area contributed by atoms with Gasteiger partial charge in [-0.1, -0.05) is 37.3 Å². The van der Waals surface area contributed by atoms with Gasteiger partial charge in [-0.3, -0.25) is 9.89 Å². The lowest BCUT2D eigenvalue weighted by molar-refractivity contribution is 0.0930. The zero-order valence-electron chi connectivity index (χ0n) is 10.2. The first-order valence-electron chi connectivity index (χ1n) is 5.87. The molecule has 1 amide bonds. The molecule has 0 radical (unpaired) electrons. The van der Waals surface area contributed by atoms with Crippen molar-refractivity contribution in [2.75, 3.05) is 5.73 Å². The normalized spacial score (nSPS) is 12.1. The van der Waals surface area contributed by atoms with E-state index in [1.54, 1.807) is 0 Å². The molecule has 1 aromatic carbocycles. The number of carbonyl (C=O) groups is 1. The van der Waals surface area contributed by atoms with E-state index >= 15 is 0 Å². The van der Waals surface area contributed by atoms with Gasteiger partial charge < -0.3 is 11.1 Å². The van der Waals surface area contributed by atoms with Gasteiger partial charge in [-0.25, -0.2) is 0 Å². The topological polar surface area (TPSA) is 83.8 Å². The van der Waals surface area contributed by atoms with Crippen molar-refractivity contribution >= 4 is 11.7 Å². The largest absolute Gasteiger partial charge is 0.382 e. The third kappa shape index (κ3) is 2.68. The van der Waals surface area contributed by atoms with Gasteiger partial charge in [0.05, 0.1) is 6.04 Å². The van der Waals surface area contributed by atoms with Crippen molar-refractivity contribution in [2.45, 2.75) is 19.4 Å². The number of hydrogen-bond donors (Lipinski definition) is 3. The highest BCUT2D eigenvalue weighted by atomic mass is 16.2. The quantitative estimate of drug-likeness (QED) is 0.767. The number of anilines is 1. The lowest BCUT2D eigenvalue weighted by Gasteiger charge is -2.16. The number of rotatable bonds is 4. The van der Waals surface area contributed by atoms with Crippen LogP contribution in [0.15, 0.2) is 36.4 Å². The van der Waals surface area contributed by atoms with Crippen LogP contribution in [0.1, 0.15) is 35.4 Å². The summed E-state index contributed by atoms with van der Waals surface area (Å²) in [5.74, 6) is 0.114. The van der Waals surface area contributed by atoms with E-state index in [0.29, 0.717) is 11.5 Å². The molecule has 5 nitrogen and oxygen atoms in total. The van der Waals surface area contributed by atoms with Crippen LogP contribution < -0.4 is 11.1 Å². The number of nitrogen functional groups attached to an aromatic ring is 1. The Labute approximate surface area is 105 Å². The van der Waals surface area contributed by atoms with Crippen molar-refractivity contribution < 1.29 is 4.79 Å². The molecular formula is C13H16N4O. The van der Waals surface area contributed by atoms with Crippen molar-refractivity contribution in [2.24, 2.45) is 0 Å². The number of aromatic amines is 1. The molecule has 0 saturated carbocycles. The van der Waals surface area contributed by atoms with Crippen molar-refractivity contribution in [3.05, 3.63) is 47.7 Å². The zero-order chi connectivity index (χ0) is 13.0. The third-order valence-corrected chi connectivity index (χ3v) is 2.76. The zero-order valence-corrected chi connectivity index (χ0v) is 10.2. The second kappa shape index (κ2) is 5.35. The maximum atomic E-state index is 12.0. The van der Waals surface area contributed by atoms with Crippen molar-refractivity contribution in [3.8, 4) is 0 Å². The number of amides is 1. The summed E-state index contributed by atoms with van der Waals surface area (Å²) in [7, 11) is 0. The smallest absolute Gasteiger partial charge is 0.269 e. The summed E-state index contributed by atoms with van der Waals surface area (Å²) in [4.78, 5) is 12.0. The van der Waals surface area contributed by atoms with Crippen LogP contribution >= 0.6 is 0 Å². The van der Waals surface area contributed by atoms with Gasteiger partial charge in [0.15, 0.2) is 0 Å². The molecule has 5 heteroatoms. The SMILES string of the molecule is CCC(NC(=O)c1cc(N)n[nH]1)c1ccccc1. The van der Waals surface area contributed by atoms with Gasteiger partial charge in [0, 0.05) is 6.07 Å². The lowest BCUT2D eigenvalue weighted by Crippen LogP contribution is -2.28. The van der Waals surface area contributed by atoms with E-state index in [2.05, 4.69) is 15.5 Å². The number of benzene rings is 1. The molecule has 0 spiro atoms. The van der Waals surface area contributed by atoms with Crippen LogP contribution in [-0.2, 0) is 0 Å². The molecule has 1 aromatic heterocycles. The summed E-state index contributed by atoms with van der Waals surface area (Å²) in [6.45, 7) is 2.03. The highest BCUT2D eigenvalue weighted by Crippen LogP contribution is 2.16. The van der Waals surface area contributed by atoms with Crippen molar-refractivity contribution in [3.63, 3.8) is 0 Å². The summed E-state index contributed by atoms with van der Waals surface area (Å²) < 4.78 is 0. The average Bonchev–Trinajstić information content (AvgIpc) is 2.83. The molecule has 4 N–H and O–H groups in total. The van der Waals surface area contributed by atoms with Gasteiger partial charge in [0.2, 0.25) is 0 Å². The monoisotopic (exact) mass is 244 g/mol.